The number of nitrogens with one attached hydrogen (secondary N) is 1. The van der Waals surface area contributed by atoms with Gasteiger partial charge < -0.3 is 15.0 Å². The van der Waals surface area contributed by atoms with Crippen LogP contribution in [0.5, 0.6) is 0 Å². The van der Waals surface area contributed by atoms with Crippen LogP contribution in [-0.4, -0.2) is 47.6 Å². The summed E-state index contributed by atoms with van der Waals surface area (Å²) in [6.45, 7) is 12.8. The van der Waals surface area contributed by atoms with Crippen molar-refractivity contribution in [2.45, 2.75) is 72.1 Å². The zero-order chi connectivity index (χ0) is 16.2. The van der Waals surface area contributed by atoms with E-state index in [9.17, 15) is 9.59 Å². The van der Waals surface area contributed by atoms with Crippen molar-refractivity contribution in [3.05, 3.63) is 0 Å². The molecular formula is C16H30N2O3. The number of carbonyl (C=O) groups is 2. The second-order valence-electron chi connectivity index (χ2n) is 6.79. The lowest BCUT2D eigenvalue weighted by molar-refractivity contribution is -0.152. The highest BCUT2D eigenvalue weighted by Crippen LogP contribution is 2.19. The van der Waals surface area contributed by atoms with E-state index < -0.39 is 6.04 Å². The highest BCUT2D eigenvalue weighted by Gasteiger charge is 2.41. The van der Waals surface area contributed by atoms with E-state index >= 15 is 0 Å². The summed E-state index contributed by atoms with van der Waals surface area (Å²) in [6.07, 6.45) is 1.49. The van der Waals surface area contributed by atoms with Crippen LogP contribution in [0.2, 0.25) is 0 Å². The normalized spacial score (nSPS) is 25.0. The minimum Gasteiger partial charge on any atom is -0.374 e. The minimum atomic E-state index is -0.403. The van der Waals surface area contributed by atoms with Crippen LogP contribution in [0.4, 0.5) is 0 Å². The Hall–Kier alpha value is -1.10. The van der Waals surface area contributed by atoms with E-state index in [1.807, 2.05) is 41.5 Å². The van der Waals surface area contributed by atoms with Gasteiger partial charge in [-0.1, -0.05) is 27.2 Å². The predicted molar refractivity (Wildman–Crippen MR) is 82.9 cm³/mol. The molecule has 1 rings (SSSR count). The van der Waals surface area contributed by atoms with E-state index in [1.54, 1.807) is 4.90 Å². The topological polar surface area (TPSA) is 58.6 Å². The van der Waals surface area contributed by atoms with Gasteiger partial charge in [0.05, 0.1) is 12.2 Å². The molecule has 3 unspecified atom stereocenters. The number of carbonyl (C=O) groups excluding carboxylic acids is 2. The second kappa shape index (κ2) is 7.25. The van der Waals surface area contributed by atoms with Gasteiger partial charge in [0.25, 0.3) is 0 Å². The zero-order valence-corrected chi connectivity index (χ0v) is 14.2. The van der Waals surface area contributed by atoms with E-state index in [-0.39, 0.29) is 29.4 Å². The van der Waals surface area contributed by atoms with Crippen molar-refractivity contribution in [2.24, 2.45) is 5.92 Å². The van der Waals surface area contributed by atoms with Crippen molar-refractivity contribution in [3.8, 4) is 0 Å². The molecule has 1 heterocycles. The summed E-state index contributed by atoms with van der Waals surface area (Å²) in [5.41, 5.74) is -0.237. The third-order valence-electron chi connectivity index (χ3n) is 3.99. The van der Waals surface area contributed by atoms with Crippen molar-refractivity contribution < 1.29 is 14.3 Å². The van der Waals surface area contributed by atoms with Crippen LogP contribution in [0.3, 0.4) is 0 Å². The molecule has 122 valence electrons. The number of hydrogen-bond donors (Lipinski definition) is 1. The standard InChI is InChI=1S/C16H30N2O3/c1-7-11(3)13-15(20)18(9-10-21-16(4,5)6)12(8-2)14(19)17-13/h11-13H,7-10H2,1-6H3,(H,17,19). The first kappa shape index (κ1) is 18.0. The van der Waals surface area contributed by atoms with Crippen LogP contribution < -0.4 is 5.32 Å². The van der Waals surface area contributed by atoms with Crippen molar-refractivity contribution in [3.63, 3.8) is 0 Å². The van der Waals surface area contributed by atoms with Crippen molar-refractivity contribution in [2.75, 3.05) is 13.2 Å². The number of amides is 2. The number of nitrogens with zero attached hydrogens (tertiary/aromatic N) is 1. The lowest BCUT2D eigenvalue weighted by Crippen LogP contribution is -2.65. The Kier molecular flexibility index (Phi) is 6.20. The van der Waals surface area contributed by atoms with E-state index in [2.05, 4.69) is 5.32 Å². The fourth-order valence-electron chi connectivity index (χ4n) is 2.53. The largest absolute Gasteiger partial charge is 0.374 e. The molecule has 0 aromatic heterocycles. The molecule has 3 atom stereocenters. The highest BCUT2D eigenvalue weighted by molar-refractivity contribution is 5.97. The summed E-state index contributed by atoms with van der Waals surface area (Å²) in [7, 11) is 0. The zero-order valence-electron chi connectivity index (χ0n) is 14.2. The highest BCUT2D eigenvalue weighted by atomic mass is 16.5. The summed E-state index contributed by atoms with van der Waals surface area (Å²) >= 11 is 0. The van der Waals surface area contributed by atoms with Crippen molar-refractivity contribution >= 4 is 11.8 Å². The molecule has 1 saturated heterocycles. The van der Waals surface area contributed by atoms with Crippen LogP contribution in [-0.2, 0) is 14.3 Å². The molecule has 0 saturated carbocycles. The molecule has 1 N–H and O–H groups in total. The Morgan fingerprint density at radius 2 is 1.90 bits per heavy atom. The van der Waals surface area contributed by atoms with Crippen LogP contribution >= 0.6 is 0 Å². The van der Waals surface area contributed by atoms with Crippen molar-refractivity contribution in [1.82, 2.24) is 10.2 Å². The van der Waals surface area contributed by atoms with E-state index in [0.717, 1.165) is 6.42 Å². The van der Waals surface area contributed by atoms with Crippen LogP contribution in [0.1, 0.15) is 54.4 Å². The van der Waals surface area contributed by atoms with Crippen LogP contribution in [0, 0.1) is 5.92 Å². The predicted octanol–water partition coefficient (Wildman–Crippen LogP) is 1.95. The Balaban J connectivity index is 2.79. The molecule has 1 fully saturated rings. The van der Waals surface area contributed by atoms with Gasteiger partial charge in [-0.15, -0.1) is 0 Å². The molecule has 21 heavy (non-hydrogen) atoms. The Morgan fingerprint density at radius 1 is 1.29 bits per heavy atom. The van der Waals surface area contributed by atoms with Gasteiger partial charge in [-0.2, -0.15) is 0 Å². The van der Waals surface area contributed by atoms with E-state index in [1.165, 1.54) is 0 Å². The van der Waals surface area contributed by atoms with Gasteiger partial charge in [-0.05, 0) is 33.1 Å². The molecule has 1 aliphatic rings. The molecule has 0 aliphatic carbocycles. The molecule has 2 amide bonds. The maximum atomic E-state index is 12.7. The molecular weight excluding hydrogens is 268 g/mol. The van der Waals surface area contributed by atoms with Gasteiger partial charge in [0.2, 0.25) is 11.8 Å². The average molecular weight is 298 g/mol. The van der Waals surface area contributed by atoms with Gasteiger partial charge >= 0.3 is 0 Å². The molecule has 1 aliphatic heterocycles. The number of rotatable bonds is 6. The summed E-state index contributed by atoms with van der Waals surface area (Å²) in [5.74, 6) is 0.122. The molecule has 0 spiro atoms. The first-order valence-corrected chi connectivity index (χ1v) is 7.96. The number of piperazine rings is 1. The smallest absolute Gasteiger partial charge is 0.246 e. The fourth-order valence-corrected chi connectivity index (χ4v) is 2.53. The molecule has 0 bridgehead atoms. The quantitative estimate of drug-likeness (QED) is 0.815. The molecule has 0 aromatic rings. The maximum Gasteiger partial charge on any atom is 0.246 e. The summed E-state index contributed by atoms with van der Waals surface area (Å²) < 4.78 is 5.70. The van der Waals surface area contributed by atoms with Gasteiger partial charge in [0, 0.05) is 6.54 Å². The molecule has 5 nitrogen and oxygen atoms in total. The molecule has 5 heteroatoms. The maximum absolute atomic E-state index is 12.7. The Bertz CT molecular complexity index is 376. The lowest BCUT2D eigenvalue weighted by Gasteiger charge is -2.40. The lowest BCUT2D eigenvalue weighted by atomic mass is 9.93. The number of ether oxygens (including phenoxy) is 1. The van der Waals surface area contributed by atoms with Crippen LogP contribution in [0.15, 0.2) is 0 Å². The van der Waals surface area contributed by atoms with Gasteiger partial charge in [0.15, 0.2) is 0 Å². The van der Waals surface area contributed by atoms with Gasteiger partial charge in [-0.3, -0.25) is 9.59 Å². The number of hydrogen-bond acceptors (Lipinski definition) is 3. The van der Waals surface area contributed by atoms with E-state index in [4.69, 9.17) is 4.74 Å². The summed E-state index contributed by atoms with van der Waals surface area (Å²) in [6, 6.07) is -0.777. The fraction of sp³-hybridized carbons (Fsp3) is 0.875. The van der Waals surface area contributed by atoms with Crippen LogP contribution in [0.25, 0.3) is 0 Å². The first-order chi connectivity index (χ1) is 9.71. The van der Waals surface area contributed by atoms with Gasteiger partial charge in [0.1, 0.15) is 12.1 Å². The van der Waals surface area contributed by atoms with E-state index in [0.29, 0.717) is 19.6 Å². The van der Waals surface area contributed by atoms with Gasteiger partial charge in [-0.25, -0.2) is 0 Å². The SMILES string of the molecule is CCC(C)C1NC(=O)C(CC)N(CCOC(C)(C)C)C1=O. The minimum absolute atomic E-state index is 0.0216. The Morgan fingerprint density at radius 3 is 2.38 bits per heavy atom. The molecule has 0 radical (unpaired) electrons. The molecule has 0 aromatic carbocycles. The summed E-state index contributed by atoms with van der Waals surface area (Å²) in [4.78, 5) is 26.6. The summed E-state index contributed by atoms with van der Waals surface area (Å²) in [5, 5.41) is 2.88. The third kappa shape index (κ3) is 4.70. The second-order valence-corrected chi connectivity index (χ2v) is 6.79. The first-order valence-electron chi connectivity index (χ1n) is 7.96. The monoisotopic (exact) mass is 298 g/mol. The third-order valence-corrected chi connectivity index (χ3v) is 3.99. The average Bonchev–Trinajstić information content (AvgIpc) is 2.40. The Labute approximate surface area is 128 Å². The van der Waals surface area contributed by atoms with Crippen molar-refractivity contribution in [1.29, 1.82) is 0 Å².